The molecule has 4 rings (SSSR count). The average Bonchev–Trinajstić information content (AvgIpc) is 2.81. The first kappa shape index (κ1) is 22.6. The number of hydrogen-bond donors (Lipinski definition) is 0. The van der Waals surface area contributed by atoms with Gasteiger partial charge < -0.3 is 0 Å². The number of carbonyl (C=O) groups excluding carboxylic acids is 2. The van der Waals surface area contributed by atoms with E-state index in [9.17, 15) is 18.0 Å². The van der Waals surface area contributed by atoms with Gasteiger partial charge in [0.2, 0.25) is 21.8 Å². The molecule has 0 bridgehead atoms. The highest BCUT2D eigenvalue weighted by atomic mass is 32.2. The van der Waals surface area contributed by atoms with Crippen molar-refractivity contribution in [2.24, 2.45) is 0 Å². The van der Waals surface area contributed by atoms with E-state index in [1.165, 1.54) is 15.4 Å². The van der Waals surface area contributed by atoms with Gasteiger partial charge in [-0.05, 0) is 17.5 Å². The number of carbonyl (C=O) groups is 2. The fourth-order valence-corrected chi connectivity index (χ4v) is 5.90. The summed E-state index contributed by atoms with van der Waals surface area (Å²) in [4.78, 5) is 27.4. The van der Waals surface area contributed by atoms with Crippen molar-refractivity contribution >= 4 is 21.8 Å². The summed E-state index contributed by atoms with van der Waals surface area (Å²) in [5.41, 5.74) is 2.36. The number of hydrogen-bond acceptors (Lipinski definition) is 5. The molecule has 2 aliphatic rings. The number of imide groups is 1. The van der Waals surface area contributed by atoms with Gasteiger partial charge in [-0.1, -0.05) is 60.7 Å². The Bertz CT molecular complexity index is 980. The second-order valence-electron chi connectivity index (χ2n) is 8.27. The van der Waals surface area contributed by atoms with Crippen molar-refractivity contribution < 1.29 is 18.0 Å². The van der Waals surface area contributed by atoms with Crippen LogP contribution < -0.4 is 0 Å². The van der Waals surface area contributed by atoms with Crippen LogP contribution in [0.4, 0.5) is 0 Å². The van der Waals surface area contributed by atoms with Crippen LogP contribution in [0.1, 0.15) is 36.4 Å². The van der Waals surface area contributed by atoms with Crippen molar-refractivity contribution in [3.05, 3.63) is 71.8 Å². The molecule has 2 heterocycles. The highest BCUT2D eigenvalue weighted by Gasteiger charge is 2.33. The van der Waals surface area contributed by atoms with Gasteiger partial charge in [-0.2, -0.15) is 4.31 Å². The first-order valence-electron chi connectivity index (χ1n) is 11.1. The van der Waals surface area contributed by atoms with Crippen molar-refractivity contribution in [1.82, 2.24) is 14.1 Å². The van der Waals surface area contributed by atoms with Crippen LogP contribution in [-0.4, -0.2) is 72.8 Å². The Morgan fingerprint density at radius 3 is 1.75 bits per heavy atom. The quantitative estimate of drug-likeness (QED) is 0.599. The van der Waals surface area contributed by atoms with Crippen molar-refractivity contribution in [1.29, 1.82) is 0 Å². The summed E-state index contributed by atoms with van der Waals surface area (Å²) in [6, 6.07) is 20.6. The summed E-state index contributed by atoms with van der Waals surface area (Å²) in [6.07, 6.45) is 1.17. The molecule has 8 heteroatoms. The van der Waals surface area contributed by atoms with E-state index in [0.717, 1.165) is 4.90 Å². The van der Waals surface area contributed by atoms with Crippen LogP contribution in [0.5, 0.6) is 0 Å². The highest BCUT2D eigenvalue weighted by molar-refractivity contribution is 7.89. The topological polar surface area (TPSA) is 78.0 Å². The lowest BCUT2D eigenvalue weighted by atomic mass is 9.96. The van der Waals surface area contributed by atoms with Crippen molar-refractivity contribution in [3.8, 4) is 0 Å². The van der Waals surface area contributed by atoms with Crippen LogP contribution >= 0.6 is 0 Å². The predicted molar refractivity (Wildman–Crippen MR) is 122 cm³/mol. The van der Waals surface area contributed by atoms with E-state index in [4.69, 9.17) is 0 Å². The number of likely N-dealkylation sites (tertiary alicyclic amines) is 1. The summed E-state index contributed by atoms with van der Waals surface area (Å²) in [7, 11) is -3.55. The van der Waals surface area contributed by atoms with Gasteiger partial charge in [0.25, 0.3) is 0 Å². The second-order valence-corrected chi connectivity index (χ2v) is 10.4. The van der Waals surface area contributed by atoms with Gasteiger partial charge in [0.15, 0.2) is 0 Å². The SMILES string of the molecule is O=C1CCCC(=O)N1CCS(=O)(=O)N1CCN(C(c2ccccc2)c2ccccc2)CC1. The largest absolute Gasteiger partial charge is 0.290 e. The molecule has 0 aliphatic carbocycles. The third kappa shape index (κ3) is 5.09. The molecule has 2 aromatic carbocycles. The zero-order chi connectivity index (χ0) is 22.6. The maximum atomic E-state index is 12.9. The Morgan fingerprint density at radius 1 is 0.750 bits per heavy atom. The van der Waals surface area contributed by atoms with Crippen LogP contribution in [0.2, 0.25) is 0 Å². The normalized spacial score (nSPS) is 19.0. The summed E-state index contributed by atoms with van der Waals surface area (Å²) in [5, 5.41) is 0. The van der Waals surface area contributed by atoms with Gasteiger partial charge in [0, 0.05) is 45.6 Å². The molecule has 0 spiro atoms. The molecule has 170 valence electrons. The van der Waals surface area contributed by atoms with Crippen molar-refractivity contribution in [2.45, 2.75) is 25.3 Å². The van der Waals surface area contributed by atoms with Gasteiger partial charge in [-0.25, -0.2) is 8.42 Å². The molecule has 2 fully saturated rings. The second kappa shape index (κ2) is 9.94. The molecule has 32 heavy (non-hydrogen) atoms. The first-order valence-corrected chi connectivity index (χ1v) is 12.7. The van der Waals surface area contributed by atoms with E-state index in [0.29, 0.717) is 45.4 Å². The van der Waals surface area contributed by atoms with Crippen LogP contribution in [0.25, 0.3) is 0 Å². The van der Waals surface area contributed by atoms with Crippen molar-refractivity contribution in [2.75, 3.05) is 38.5 Å². The summed E-state index contributed by atoms with van der Waals surface area (Å²) in [6.45, 7) is 1.93. The molecule has 2 saturated heterocycles. The number of nitrogens with zero attached hydrogens (tertiary/aromatic N) is 3. The standard InChI is InChI=1S/C24H29N3O4S/c28-22-12-7-13-23(29)27(22)18-19-32(30,31)26-16-14-25(15-17-26)24(20-8-3-1-4-9-20)21-10-5-2-6-11-21/h1-6,8-11,24H,7,12-19H2. The van der Waals surface area contributed by atoms with Crippen molar-refractivity contribution in [3.63, 3.8) is 0 Å². The van der Waals surface area contributed by atoms with E-state index in [1.54, 1.807) is 0 Å². The predicted octanol–water partition coefficient (Wildman–Crippen LogP) is 2.26. The third-order valence-electron chi connectivity index (χ3n) is 6.22. The average molecular weight is 456 g/mol. The van der Waals surface area contributed by atoms with E-state index in [-0.39, 0.29) is 30.2 Å². The minimum atomic E-state index is -3.55. The minimum absolute atomic E-state index is 0.0587. The summed E-state index contributed by atoms with van der Waals surface area (Å²) < 4.78 is 27.3. The van der Waals surface area contributed by atoms with Gasteiger partial charge >= 0.3 is 0 Å². The number of rotatable bonds is 7. The summed E-state index contributed by atoms with van der Waals surface area (Å²) >= 11 is 0. The Kier molecular flexibility index (Phi) is 7.03. The molecule has 2 amide bonds. The van der Waals surface area contributed by atoms with E-state index >= 15 is 0 Å². The van der Waals surface area contributed by atoms with Gasteiger partial charge in [0.1, 0.15) is 0 Å². The Balaban J connectivity index is 1.42. The molecule has 7 nitrogen and oxygen atoms in total. The Hall–Kier alpha value is -2.55. The molecular formula is C24H29N3O4S. The molecule has 0 N–H and O–H groups in total. The van der Waals surface area contributed by atoms with Crippen LogP contribution in [-0.2, 0) is 19.6 Å². The monoisotopic (exact) mass is 455 g/mol. The van der Waals surface area contributed by atoms with Crippen LogP contribution in [0.15, 0.2) is 60.7 Å². The molecule has 0 saturated carbocycles. The van der Waals surface area contributed by atoms with Crippen LogP contribution in [0, 0.1) is 0 Å². The Labute approximate surface area is 189 Å². The van der Waals surface area contributed by atoms with E-state index in [2.05, 4.69) is 29.2 Å². The number of sulfonamides is 1. The number of piperazine rings is 1. The van der Waals surface area contributed by atoms with Gasteiger partial charge in [-0.3, -0.25) is 19.4 Å². The lowest BCUT2D eigenvalue weighted by Gasteiger charge is -2.39. The number of benzene rings is 2. The smallest absolute Gasteiger partial charge is 0.229 e. The van der Waals surface area contributed by atoms with E-state index < -0.39 is 10.0 Å². The molecule has 0 aromatic heterocycles. The maximum absolute atomic E-state index is 12.9. The van der Waals surface area contributed by atoms with Crippen LogP contribution in [0.3, 0.4) is 0 Å². The first-order chi connectivity index (χ1) is 15.5. The molecule has 0 radical (unpaired) electrons. The number of amides is 2. The lowest BCUT2D eigenvalue weighted by molar-refractivity contribution is -0.147. The lowest BCUT2D eigenvalue weighted by Crippen LogP contribution is -2.51. The van der Waals surface area contributed by atoms with Gasteiger partial charge in [-0.15, -0.1) is 0 Å². The minimum Gasteiger partial charge on any atom is -0.290 e. The fraction of sp³-hybridized carbons (Fsp3) is 0.417. The summed E-state index contributed by atoms with van der Waals surface area (Å²) in [5.74, 6) is -0.754. The molecular weight excluding hydrogens is 426 g/mol. The molecule has 2 aromatic rings. The fourth-order valence-electron chi connectivity index (χ4n) is 4.51. The Morgan fingerprint density at radius 2 is 1.25 bits per heavy atom. The maximum Gasteiger partial charge on any atom is 0.229 e. The van der Waals surface area contributed by atoms with E-state index in [1.807, 2.05) is 36.4 Å². The molecule has 0 atom stereocenters. The number of piperidine rings is 1. The molecule has 0 unspecified atom stereocenters. The highest BCUT2D eigenvalue weighted by Crippen LogP contribution is 2.29. The van der Waals surface area contributed by atoms with Gasteiger partial charge in [0.05, 0.1) is 11.8 Å². The third-order valence-corrected chi connectivity index (χ3v) is 8.07. The zero-order valence-electron chi connectivity index (χ0n) is 18.1. The zero-order valence-corrected chi connectivity index (χ0v) is 18.9. The molecule has 2 aliphatic heterocycles.